The maximum absolute atomic E-state index is 2.80. The zero-order valence-electron chi connectivity index (χ0n) is 32.7. The number of benzene rings is 9. The maximum Gasteiger partial charge on any atom is 0.333 e. The SMILES string of the molecule is CC1(C)c2ccccc2-c2cc3c4c(c21)N1c2ccccc2[Si]2(c5ccccc5-c5ccccc52)c2cccc(c21)B4n1c2ccc4ccccc4c2c2cccc-3c21. The molecule has 15 rings (SSSR count). The fourth-order valence-electron chi connectivity index (χ4n) is 13.1. The van der Waals surface area contributed by atoms with Crippen molar-refractivity contribution >= 4 is 96.2 Å². The van der Waals surface area contributed by atoms with Crippen LogP contribution in [0.3, 0.4) is 0 Å². The summed E-state index contributed by atoms with van der Waals surface area (Å²) in [7, 11) is -2.80. The lowest BCUT2D eigenvalue weighted by Crippen LogP contribution is -2.77. The number of hydrogen-bond acceptors (Lipinski definition) is 1. The van der Waals surface area contributed by atoms with Gasteiger partial charge in [0.05, 0.1) is 0 Å². The molecule has 0 saturated carbocycles. The third-order valence-corrected chi connectivity index (χ3v) is 20.0. The molecule has 1 aliphatic carbocycles. The van der Waals surface area contributed by atoms with Gasteiger partial charge in [0.2, 0.25) is 0 Å². The van der Waals surface area contributed by atoms with Gasteiger partial charge in [-0.3, -0.25) is 0 Å². The molecule has 5 aliphatic rings. The van der Waals surface area contributed by atoms with Gasteiger partial charge in [0, 0.05) is 49.8 Å². The van der Waals surface area contributed by atoms with Crippen molar-refractivity contribution in [1.29, 1.82) is 0 Å². The van der Waals surface area contributed by atoms with Crippen LogP contribution in [0.4, 0.5) is 17.1 Å². The lowest BCUT2D eigenvalue weighted by atomic mass is 9.44. The van der Waals surface area contributed by atoms with E-state index in [2.05, 4.69) is 199 Å². The summed E-state index contributed by atoms with van der Waals surface area (Å²) in [5.74, 6) is 0. The maximum atomic E-state index is 2.77. The van der Waals surface area contributed by atoms with Gasteiger partial charge in [-0.1, -0.05) is 172 Å². The van der Waals surface area contributed by atoms with Crippen LogP contribution in [0, 0.1) is 0 Å². The number of hydrogen-bond donors (Lipinski definition) is 0. The monoisotopic (exact) mass is 762 g/mol. The topological polar surface area (TPSA) is 8.17 Å². The van der Waals surface area contributed by atoms with Crippen LogP contribution in [0.5, 0.6) is 0 Å². The predicted octanol–water partition coefficient (Wildman–Crippen LogP) is 9.34. The Morgan fingerprint density at radius 3 is 1.97 bits per heavy atom. The van der Waals surface area contributed by atoms with Crippen LogP contribution in [0.15, 0.2) is 176 Å². The molecule has 1 aromatic heterocycles. The number of rotatable bonds is 0. The normalized spacial score (nSPS) is 15.8. The Kier molecular flexibility index (Phi) is 5.39. The molecular formula is C55H35BN2Si. The van der Waals surface area contributed by atoms with Crippen molar-refractivity contribution in [2.24, 2.45) is 0 Å². The number of nitrogens with zero attached hydrogens (tertiary/aromatic N) is 2. The minimum absolute atomic E-state index is 0.0183. The van der Waals surface area contributed by atoms with Crippen molar-refractivity contribution in [2.75, 3.05) is 4.90 Å². The summed E-state index contributed by atoms with van der Waals surface area (Å²) in [5, 5.41) is 11.3. The molecule has 4 heteroatoms. The summed E-state index contributed by atoms with van der Waals surface area (Å²) in [6, 6.07) is 68.2. The molecule has 1 spiro atoms. The zero-order valence-corrected chi connectivity index (χ0v) is 33.7. The standard InChI is InChI=1S/C55H35BN2Si/c1-55(2)41-22-8-5-17-34(41)39-31-40-37-20-13-21-38-49-33-16-4-3-15-32(33)29-30-44(49)58(52(37)38)56-42-23-14-28-48-53(42)57(54(50(39)55)51(40)56)43-24-9-12-27-47(43)59(48)45-25-10-6-18-35(45)36-19-7-11-26-46(36)59/h3-31H,1-2H3. The van der Waals surface area contributed by atoms with E-state index in [1.54, 1.807) is 0 Å². The van der Waals surface area contributed by atoms with Crippen molar-refractivity contribution < 1.29 is 0 Å². The summed E-state index contributed by atoms with van der Waals surface area (Å²) >= 11 is 0. The molecular weight excluding hydrogens is 728 g/mol. The molecule has 0 N–H and O–H groups in total. The van der Waals surface area contributed by atoms with Crippen molar-refractivity contribution in [2.45, 2.75) is 19.3 Å². The second-order valence-electron chi connectivity index (χ2n) is 17.9. The van der Waals surface area contributed by atoms with E-state index in [9.17, 15) is 0 Å². The van der Waals surface area contributed by atoms with Gasteiger partial charge in [0.15, 0.2) is 8.07 Å². The Balaban J connectivity index is 1.18. The lowest BCUT2D eigenvalue weighted by Gasteiger charge is -2.50. The van der Waals surface area contributed by atoms with E-state index in [0.717, 1.165) is 0 Å². The number of fused-ring (bicyclic) bond motifs is 22. The minimum atomic E-state index is -2.80. The summed E-state index contributed by atoms with van der Waals surface area (Å²) in [6.45, 7) is 4.92. The molecule has 2 nitrogen and oxygen atoms in total. The van der Waals surface area contributed by atoms with Crippen LogP contribution in [0.1, 0.15) is 25.0 Å². The van der Waals surface area contributed by atoms with Crippen molar-refractivity contribution in [1.82, 2.24) is 4.48 Å². The van der Waals surface area contributed by atoms with E-state index in [1.807, 2.05) is 0 Å². The first-order valence-corrected chi connectivity index (χ1v) is 23.1. The molecule has 59 heavy (non-hydrogen) atoms. The van der Waals surface area contributed by atoms with E-state index < -0.39 is 8.07 Å². The molecule has 0 radical (unpaired) electrons. The predicted molar refractivity (Wildman–Crippen MR) is 251 cm³/mol. The van der Waals surface area contributed by atoms with Crippen LogP contribution < -0.4 is 36.6 Å². The fourth-order valence-corrected chi connectivity index (χ4v) is 18.6. The summed E-state index contributed by atoms with van der Waals surface area (Å²) in [4.78, 5) is 2.77. The zero-order chi connectivity index (χ0) is 38.5. The van der Waals surface area contributed by atoms with Crippen LogP contribution in [0.25, 0.3) is 66.0 Å². The second-order valence-corrected chi connectivity index (χ2v) is 21.5. The molecule has 272 valence electrons. The first-order chi connectivity index (χ1) is 29.1. The highest BCUT2D eigenvalue weighted by Gasteiger charge is 2.58. The Bertz CT molecular complexity index is 3580. The first-order valence-electron chi connectivity index (χ1n) is 21.1. The van der Waals surface area contributed by atoms with Crippen molar-refractivity contribution in [3.8, 4) is 33.4 Å². The molecule has 0 unspecified atom stereocenters. The molecule has 0 fully saturated rings. The third-order valence-electron chi connectivity index (χ3n) is 15.1. The largest absolute Gasteiger partial charge is 0.375 e. The van der Waals surface area contributed by atoms with Gasteiger partial charge >= 0.3 is 6.85 Å². The molecule has 5 heterocycles. The molecule has 0 saturated heterocycles. The van der Waals surface area contributed by atoms with Gasteiger partial charge in [0.1, 0.15) is 0 Å². The highest BCUT2D eigenvalue weighted by molar-refractivity contribution is 7.24. The summed E-state index contributed by atoms with van der Waals surface area (Å²) in [6.07, 6.45) is 0. The smallest absolute Gasteiger partial charge is 0.333 e. The lowest BCUT2D eigenvalue weighted by molar-refractivity contribution is 0.661. The second kappa shape index (κ2) is 10.2. The fraction of sp³-hybridized carbons (Fsp3) is 0.0545. The van der Waals surface area contributed by atoms with E-state index in [0.29, 0.717) is 0 Å². The highest BCUT2D eigenvalue weighted by atomic mass is 28.3. The van der Waals surface area contributed by atoms with Crippen LogP contribution in [0.2, 0.25) is 0 Å². The van der Waals surface area contributed by atoms with Gasteiger partial charge in [-0.25, -0.2) is 0 Å². The number of anilines is 3. The van der Waals surface area contributed by atoms with E-state index in [1.165, 1.54) is 126 Å². The van der Waals surface area contributed by atoms with Gasteiger partial charge in [-0.05, 0) is 99.6 Å². The van der Waals surface area contributed by atoms with Crippen molar-refractivity contribution in [3.05, 3.63) is 187 Å². The summed E-state index contributed by atoms with van der Waals surface area (Å²) in [5.41, 5.74) is 20.4. The molecule has 4 aliphatic heterocycles. The number of aromatic nitrogens is 1. The van der Waals surface area contributed by atoms with E-state index in [-0.39, 0.29) is 12.3 Å². The Labute approximate surface area is 343 Å². The van der Waals surface area contributed by atoms with Gasteiger partial charge in [-0.2, -0.15) is 0 Å². The summed E-state index contributed by atoms with van der Waals surface area (Å²) < 4.78 is 2.76. The quantitative estimate of drug-likeness (QED) is 0.140. The molecule has 0 amide bonds. The first kappa shape index (κ1) is 31.2. The minimum Gasteiger partial charge on any atom is -0.375 e. The number of para-hydroxylation sites is 3. The van der Waals surface area contributed by atoms with Crippen LogP contribution >= 0.6 is 0 Å². The van der Waals surface area contributed by atoms with E-state index in [4.69, 9.17) is 0 Å². The molecule has 9 aromatic carbocycles. The molecule has 10 aromatic rings. The molecule has 0 bridgehead atoms. The van der Waals surface area contributed by atoms with Crippen LogP contribution in [-0.4, -0.2) is 19.4 Å². The average molecular weight is 763 g/mol. The van der Waals surface area contributed by atoms with E-state index >= 15 is 0 Å². The van der Waals surface area contributed by atoms with Gasteiger partial charge < -0.3 is 9.38 Å². The van der Waals surface area contributed by atoms with Crippen LogP contribution in [-0.2, 0) is 5.41 Å². The average Bonchev–Trinajstić information content (AvgIpc) is 3.86. The van der Waals surface area contributed by atoms with Crippen molar-refractivity contribution in [3.63, 3.8) is 0 Å². The third kappa shape index (κ3) is 3.31. The highest BCUT2D eigenvalue weighted by Crippen LogP contribution is 2.58. The van der Waals surface area contributed by atoms with Gasteiger partial charge in [0.25, 0.3) is 0 Å². The Morgan fingerprint density at radius 2 is 1.14 bits per heavy atom. The Hall–Kier alpha value is -6.88. The van der Waals surface area contributed by atoms with Gasteiger partial charge in [-0.15, -0.1) is 0 Å². The molecule has 0 atom stereocenters. The Morgan fingerprint density at radius 1 is 0.492 bits per heavy atom.